The highest BCUT2D eigenvalue weighted by molar-refractivity contribution is 6.16. The number of carbonyl (C=O) groups excluding carboxylic acids is 1. The molecule has 3 heterocycles. The summed E-state index contributed by atoms with van der Waals surface area (Å²) in [6, 6.07) is 1.44. The zero-order valence-corrected chi connectivity index (χ0v) is 16.6. The Labute approximate surface area is 173 Å². The average Bonchev–Trinajstić information content (AvgIpc) is 3.17. The molecule has 1 aromatic heterocycles. The van der Waals surface area contributed by atoms with Gasteiger partial charge in [0.25, 0.3) is 0 Å². The van der Waals surface area contributed by atoms with Crippen molar-refractivity contribution in [1.82, 2.24) is 20.1 Å². The Morgan fingerprint density at radius 1 is 1.16 bits per heavy atom. The van der Waals surface area contributed by atoms with E-state index in [-0.39, 0.29) is 35.6 Å². The van der Waals surface area contributed by atoms with Crippen molar-refractivity contribution in [3.63, 3.8) is 0 Å². The minimum atomic E-state index is -1.59. The summed E-state index contributed by atoms with van der Waals surface area (Å²) < 4.78 is 60.1. The van der Waals surface area contributed by atoms with E-state index in [0.29, 0.717) is 5.69 Å². The van der Waals surface area contributed by atoms with Gasteiger partial charge in [-0.1, -0.05) is 0 Å². The van der Waals surface area contributed by atoms with E-state index >= 15 is 0 Å². The monoisotopic (exact) mass is 436 g/mol. The van der Waals surface area contributed by atoms with Crippen LogP contribution in [0.3, 0.4) is 0 Å². The number of ether oxygens (including phenoxy) is 1. The summed E-state index contributed by atoms with van der Waals surface area (Å²) in [6.45, 7) is 1.59. The lowest BCUT2D eigenvalue weighted by atomic mass is 10.1. The van der Waals surface area contributed by atoms with Crippen LogP contribution < -0.4 is 10.1 Å². The molecule has 1 N–H and O–H groups in total. The largest absolute Gasteiger partial charge is 0.479 e. The first-order chi connectivity index (χ1) is 14.7. The van der Waals surface area contributed by atoms with E-state index in [1.165, 1.54) is 24.0 Å². The predicted molar refractivity (Wildman–Crippen MR) is 102 cm³/mol. The molecule has 1 aromatic carbocycles. The van der Waals surface area contributed by atoms with Gasteiger partial charge in [0.05, 0.1) is 31.1 Å². The third-order valence-corrected chi connectivity index (χ3v) is 4.90. The molecule has 1 atom stereocenters. The quantitative estimate of drug-likeness (QED) is 0.593. The number of fused-ring (bicyclic) bond motifs is 1. The number of rotatable bonds is 3. The van der Waals surface area contributed by atoms with E-state index in [9.17, 15) is 22.4 Å². The number of amides is 2. The molecule has 2 amide bonds. The summed E-state index contributed by atoms with van der Waals surface area (Å²) in [7, 11) is 2.72. The van der Waals surface area contributed by atoms with Crippen molar-refractivity contribution >= 4 is 23.6 Å². The van der Waals surface area contributed by atoms with Gasteiger partial charge in [0, 0.05) is 13.1 Å². The van der Waals surface area contributed by atoms with E-state index in [1.54, 1.807) is 6.92 Å². The summed E-state index contributed by atoms with van der Waals surface area (Å²) >= 11 is 0. The standard InChI is InChI=1S/C19H16F4N6O2/c1-8-13(6-12(22)16(25-8)31-3)26-17-27-19(30)28(2)18-24-7-14(29(17)18)9-4-10(20)15(23)11(21)5-9/h4-6,14H,7H2,1-3H3,(H,26,27,30). The fourth-order valence-electron chi connectivity index (χ4n) is 3.33. The van der Waals surface area contributed by atoms with Crippen LogP contribution in [0.25, 0.3) is 0 Å². The maximum absolute atomic E-state index is 14.2. The van der Waals surface area contributed by atoms with Gasteiger partial charge in [-0.2, -0.15) is 0 Å². The zero-order chi connectivity index (χ0) is 22.4. The highest BCUT2D eigenvalue weighted by Gasteiger charge is 2.41. The molecule has 0 bridgehead atoms. The second-order valence-electron chi connectivity index (χ2n) is 6.83. The molecule has 2 aromatic rings. The highest BCUT2D eigenvalue weighted by Crippen LogP contribution is 2.32. The number of hydrogen-bond acceptors (Lipinski definition) is 5. The second-order valence-corrected chi connectivity index (χ2v) is 6.83. The minimum Gasteiger partial charge on any atom is -0.479 e. The van der Waals surface area contributed by atoms with E-state index in [0.717, 1.165) is 18.2 Å². The number of halogens is 4. The van der Waals surface area contributed by atoms with Gasteiger partial charge < -0.3 is 4.74 Å². The van der Waals surface area contributed by atoms with Gasteiger partial charge in [0.15, 0.2) is 23.3 Å². The maximum Gasteiger partial charge on any atom is 0.330 e. The molecule has 0 radical (unpaired) electrons. The van der Waals surface area contributed by atoms with E-state index in [2.05, 4.69) is 20.3 Å². The van der Waals surface area contributed by atoms with Gasteiger partial charge in [-0.15, -0.1) is 0 Å². The molecule has 31 heavy (non-hydrogen) atoms. The van der Waals surface area contributed by atoms with Crippen LogP contribution in [0, 0.1) is 30.2 Å². The smallest absolute Gasteiger partial charge is 0.330 e. The Hall–Kier alpha value is -3.70. The third-order valence-electron chi connectivity index (χ3n) is 4.90. The number of urea groups is 1. The summed E-state index contributed by atoms with van der Waals surface area (Å²) in [5.74, 6) is -5.16. The van der Waals surface area contributed by atoms with Crippen molar-refractivity contribution < 1.29 is 27.1 Å². The van der Waals surface area contributed by atoms with Gasteiger partial charge in [0.2, 0.25) is 17.8 Å². The molecule has 2 aliphatic rings. The molecule has 2 aliphatic heterocycles. The van der Waals surface area contributed by atoms with Gasteiger partial charge in [-0.05, 0) is 24.6 Å². The number of methoxy groups -OCH3 is 1. The van der Waals surface area contributed by atoms with Crippen LogP contribution in [-0.2, 0) is 0 Å². The number of aryl methyl sites for hydroxylation is 1. The number of aliphatic imine (C=N–C) groups is 2. The second kappa shape index (κ2) is 7.52. The molecule has 8 nitrogen and oxygen atoms in total. The fourth-order valence-corrected chi connectivity index (χ4v) is 3.33. The van der Waals surface area contributed by atoms with Crippen LogP contribution in [0.2, 0.25) is 0 Å². The number of guanidine groups is 2. The Balaban J connectivity index is 1.81. The third kappa shape index (κ3) is 3.43. The molecule has 12 heteroatoms. The Morgan fingerprint density at radius 2 is 1.84 bits per heavy atom. The van der Waals surface area contributed by atoms with E-state index in [1.807, 2.05) is 0 Å². The molecular formula is C19H16F4N6O2. The lowest BCUT2D eigenvalue weighted by molar-refractivity contribution is 0.222. The van der Waals surface area contributed by atoms with Crippen molar-refractivity contribution in [2.75, 3.05) is 20.7 Å². The number of pyridine rings is 1. The van der Waals surface area contributed by atoms with Gasteiger partial charge in [-0.3, -0.25) is 15.1 Å². The first-order valence-electron chi connectivity index (χ1n) is 9.04. The molecule has 1 unspecified atom stereocenters. The lowest BCUT2D eigenvalue weighted by Gasteiger charge is -2.36. The minimum absolute atomic E-state index is 0.0202. The van der Waals surface area contributed by atoms with E-state index < -0.39 is 35.3 Å². The van der Waals surface area contributed by atoms with Crippen molar-refractivity contribution in [2.45, 2.75) is 13.0 Å². The van der Waals surface area contributed by atoms with Gasteiger partial charge in [0.1, 0.15) is 0 Å². The molecule has 1 saturated heterocycles. The zero-order valence-electron chi connectivity index (χ0n) is 16.6. The average molecular weight is 436 g/mol. The van der Waals surface area contributed by atoms with Crippen molar-refractivity contribution in [1.29, 1.82) is 0 Å². The number of nitrogens with one attached hydrogen (secondary N) is 1. The molecule has 0 aliphatic carbocycles. The first kappa shape index (κ1) is 20.6. The van der Waals surface area contributed by atoms with Crippen molar-refractivity contribution in [3.05, 3.63) is 52.7 Å². The number of aromatic nitrogens is 1. The van der Waals surface area contributed by atoms with Gasteiger partial charge >= 0.3 is 6.03 Å². The number of benzene rings is 1. The molecule has 0 spiro atoms. The summed E-state index contributed by atoms with van der Waals surface area (Å²) in [6.07, 6.45) is 0. The molecular weight excluding hydrogens is 420 g/mol. The Morgan fingerprint density at radius 3 is 2.48 bits per heavy atom. The van der Waals surface area contributed by atoms with Crippen LogP contribution in [0.15, 0.2) is 28.2 Å². The topological polar surface area (TPSA) is 82.4 Å². The molecule has 4 rings (SSSR count). The highest BCUT2D eigenvalue weighted by atomic mass is 19.2. The van der Waals surface area contributed by atoms with Crippen LogP contribution in [0.4, 0.5) is 28.0 Å². The lowest BCUT2D eigenvalue weighted by Crippen LogP contribution is -2.61. The first-order valence-corrected chi connectivity index (χ1v) is 9.04. The Kier molecular flexibility index (Phi) is 4.99. The number of carbonyl (C=O) groups is 1. The van der Waals surface area contributed by atoms with Crippen LogP contribution >= 0.6 is 0 Å². The summed E-state index contributed by atoms with van der Waals surface area (Å²) in [4.78, 5) is 27.5. The SMILES string of the molecule is COc1nc(C)c(N=C2NC(=O)N(C)C3=NCC(c4cc(F)c(F)c(F)c4)N23)cc1F. The van der Waals surface area contributed by atoms with Crippen molar-refractivity contribution in [2.24, 2.45) is 9.98 Å². The summed E-state index contributed by atoms with van der Waals surface area (Å²) in [5, 5.41) is 2.54. The predicted octanol–water partition coefficient (Wildman–Crippen LogP) is 3.01. The normalized spacial score (nSPS) is 19.5. The molecule has 162 valence electrons. The van der Waals surface area contributed by atoms with Gasteiger partial charge in [-0.25, -0.2) is 37.3 Å². The number of nitrogens with zero attached hydrogens (tertiary/aromatic N) is 5. The van der Waals surface area contributed by atoms with Crippen LogP contribution in [-0.4, -0.2) is 53.4 Å². The maximum atomic E-state index is 14.2. The summed E-state index contributed by atoms with van der Waals surface area (Å²) in [5.41, 5.74) is 0.495. The van der Waals surface area contributed by atoms with Crippen LogP contribution in [0.5, 0.6) is 5.88 Å². The molecule has 1 fully saturated rings. The Bertz CT molecular complexity index is 1130. The number of hydrogen-bond donors (Lipinski definition) is 1. The van der Waals surface area contributed by atoms with Crippen LogP contribution in [0.1, 0.15) is 17.3 Å². The van der Waals surface area contributed by atoms with E-state index in [4.69, 9.17) is 4.74 Å². The van der Waals surface area contributed by atoms with Crippen molar-refractivity contribution in [3.8, 4) is 5.88 Å². The molecule has 0 saturated carbocycles. The fraction of sp³-hybridized carbons (Fsp3) is 0.263.